The third-order valence-electron chi connectivity index (χ3n) is 10.5. The number of oxime groups is 1. The molecule has 0 spiro atoms. The van der Waals surface area contributed by atoms with E-state index in [4.69, 9.17) is 28.4 Å². The zero-order chi connectivity index (χ0) is 36.3. The van der Waals surface area contributed by atoms with Crippen molar-refractivity contribution in [2.75, 3.05) is 27.3 Å². The minimum Gasteiger partial charge on any atom is -0.459 e. The van der Waals surface area contributed by atoms with Crippen molar-refractivity contribution in [3.63, 3.8) is 0 Å². The molecular weight excluding hydrogens is 624 g/mol. The number of carbonyl (C=O) groups is 2. The van der Waals surface area contributed by atoms with E-state index < -0.39 is 83.6 Å². The molecule has 3 heterocycles. The molecule has 13 nitrogen and oxygen atoms in total. The monoisotopic (exact) mass is 684 g/mol. The maximum absolute atomic E-state index is 13.7. The summed E-state index contributed by atoms with van der Waals surface area (Å²) in [6.07, 6.45) is -5.31. The second-order valence-electron chi connectivity index (χ2n) is 14.9. The van der Waals surface area contributed by atoms with Crippen LogP contribution in [0.4, 0.5) is 0 Å². The van der Waals surface area contributed by atoms with Crippen molar-refractivity contribution in [2.45, 2.75) is 142 Å². The summed E-state index contributed by atoms with van der Waals surface area (Å²) in [5.41, 5.74) is -2.03. The molecule has 0 aliphatic carbocycles. The van der Waals surface area contributed by atoms with Gasteiger partial charge < -0.3 is 48.7 Å². The maximum Gasteiger partial charge on any atom is 0.311 e. The SMILES string of the molecule is C=C1CO[C@@H]2[C@@H](C)/C(=N/O)[C@H](C)C[C@@](C)(OC1)[C@H](OC1O[C@H](C)C[C@H](N(C)C)[C@H]1OC(C)=O)[C@@H](C)[C@H](O)[C@@H](C)C(=O)O[C@H](CC)[C@@]2(C)O. The number of hydrogen-bond acceptors (Lipinski definition) is 13. The van der Waals surface area contributed by atoms with Gasteiger partial charge in [0.15, 0.2) is 12.4 Å². The molecule has 3 N–H and O–H groups in total. The quantitative estimate of drug-likeness (QED) is 0.168. The summed E-state index contributed by atoms with van der Waals surface area (Å²) >= 11 is 0. The summed E-state index contributed by atoms with van der Waals surface area (Å²) in [6.45, 7) is 19.7. The molecule has 276 valence electrons. The minimum atomic E-state index is -1.71. The molecule has 1 unspecified atom stereocenters. The summed E-state index contributed by atoms with van der Waals surface area (Å²) in [4.78, 5) is 28.0. The molecule has 14 atom stereocenters. The lowest BCUT2D eigenvalue weighted by Crippen LogP contribution is -2.61. The van der Waals surface area contributed by atoms with E-state index in [9.17, 15) is 25.0 Å². The first kappa shape index (κ1) is 40.3. The lowest BCUT2D eigenvalue weighted by atomic mass is 9.73. The summed E-state index contributed by atoms with van der Waals surface area (Å²) in [6, 6.07) is -0.239. The number of nitrogens with zero attached hydrogens (tertiary/aromatic N) is 2. The molecule has 2 bridgehead atoms. The van der Waals surface area contributed by atoms with Crippen LogP contribution in [0.5, 0.6) is 0 Å². The second-order valence-corrected chi connectivity index (χ2v) is 14.9. The number of likely N-dealkylation sites (N-methyl/N-ethyl adjacent to an activating group) is 1. The predicted octanol–water partition coefficient (Wildman–Crippen LogP) is 3.31. The Kier molecular flexibility index (Phi) is 13.7. The van der Waals surface area contributed by atoms with Crippen molar-refractivity contribution in [1.82, 2.24) is 4.90 Å². The first-order valence-electron chi connectivity index (χ1n) is 17.2. The lowest BCUT2D eigenvalue weighted by Gasteiger charge is -2.49. The number of carbonyl (C=O) groups excluding carboxylic acids is 2. The Morgan fingerprint density at radius 3 is 2.33 bits per heavy atom. The van der Waals surface area contributed by atoms with Gasteiger partial charge in [-0.25, -0.2) is 0 Å². The van der Waals surface area contributed by atoms with Crippen LogP contribution in [0.15, 0.2) is 17.3 Å². The van der Waals surface area contributed by atoms with Crippen molar-refractivity contribution in [3.8, 4) is 0 Å². The van der Waals surface area contributed by atoms with Gasteiger partial charge in [-0.05, 0) is 66.6 Å². The summed E-state index contributed by atoms with van der Waals surface area (Å²) < 4.78 is 37.9. The number of ether oxygens (including phenoxy) is 6. The van der Waals surface area contributed by atoms with Gasteiger partial charge in [0.1, 0.15) is 11.7 Å². The molecule has 0 radical (unpaired) electrons. The number of hydrogen-bond donors (Lipinski definition) is 3. The van der Waals surface area contributed by atoms with Crippen LogP contribution >= 0.6 is 0 Å². The second kappa shape index (κ2) is 16.3. The highest BCUT2D eigenvalue weighted by atomic mass is 16.7. The third-order valence-corrected chi connectivity index (χ3v) is 10.5. The Morgan fingerprint density at radius 2 is 1.77 bits per heavy atom. The lowest BCUT2D eigenvalue weighted by molar-refractivity contribution is -0.304. The van der Waals surface area contributed by atoms with Crippen LogP contribution in [0.3, 0.4) is 0 Å². The molecule has 3 rings (SSSR count). The van der Waals surface area contributed by atoms with Crippen molar-refractivity contribution in [2.24, 2.45) is 28.8 Å². The molecule has 0 amide bonds. The van der Waals surface area contributed by atoms with E-state index in [2.05, 4.69) is 11.7 Å². The first-order chi connectivity index (χ1) is 22.3. The van der Waals surface area contributed by atoms with E-state index in [1.54, 1.807) is 34.6 Å². The van der Waals surface area contributed by atoms with Gasteiger partial charge in [-0.3, -0.25) is 9.59 Å². The Labute approximate surface area is 285 Å². The molecule has 0 saturated carbocycles. The number of esters is 2. The van der Waals surface area contributed by atoms with Gasteiger partial charge in [-0.15, -0.1) is 0 Å². The highest BCUT2D eigenvalue weighted by molar-refractivity contribution is 5.88. The Bertz CT molecular complexity index is 1160. The van der Waals surface area contributed by atoms with E-state index in [0.717, 1.165) is 0 Å². The third kappa shape index (κ3) is 8.77. The van der Waals surface area contributed by atoms with Crippen molar-refractivity contribution >= 4 is 17.7 Å². The van der Waals surface area contributed by atoms with E-state index in [1.807, 2.05) is 39.8 Å². The number of aliphatic hydroxyl groups is 2. The van der Waals surface area contributed by atoms with Crippen LogP contribution in [0.1, 0.15) is 81.6 Å². The fraction of sp³-hybridized carbons (Fsp3) is 0.857. The van der Waals surface area contributed by atoms with Crippen LogP contribution in [0.2, 0.25) is 0 Å². The molecule has 0 aromatic heterocycles. The van der Waals surface area contributed by atoms with Gasteiger partial charge in [0, 0.05) is 24.7 Å². The van der Waals surface area contributed by atoms with Crippen LogP contribution < -0.4 is 0 Å². The number of fused-ring (bicyclic) bond motifs is 5. The smallest absolute Gasteiger partial charge is 0.311 e. The standard InChI is InChI=1S/C35H60N2O11/c1-13-26-35(10,41)31-21(5)27(36-42)19(3)15-34(9,44-17-18(2)16-43-31)30(22(6)28(39)23(7)32(40)47-26)48-33-29(46-24(8)38)25(37(11)12)14-20(4)45-33/h19-23,25-26,28-31,33,39,41-42H,2,13-17H2,1,3-12H3/b36-27+/t19-,20-,21+,22+,23-,25+,26-,28+,29-,30-,31-,33?,34-,35-/m1/s1. The molecular formula is C35H60N2O11. The van der Waals surface area contributed by atoms with Gasteiger partial charge in [-0.2, -0.15) is 0 Å². The molecule has 3 aliphatic heterocycles. The van der Waals surface area contributed by atoms with E-state index in [0.29, 0.717) is 17.7 Å². The summed E-state index contributed by atoms with van der Waals surface area (Å²) in [7, 11) is 3.79. The zero-order valence-corrected chi connectivity index (χ0v) is 30.7. The van der Waals surface area contributed by atoms with Gasteiger partial charge in [-0.1, -0.05) is 39.4 Å². The minimum absolute atomic E-state index is 0.00109. The molecule has 3 saturated heterocycles. The Balaban J connectivity index is 2.26. The maximum atomic E-state index is 13.7. The van der Waals surface area contributed by atoms with Crippen LogP contribution in [0.25, 0.3) is 0 Å². The summed E-state index contributed by atoms with van der Waals surface area (Å²) in [5, 5.41) is 38.0. The largest absolute Gasteiger partial charge is 0.459 e. The number of aliphatic hydroxyl groups excluding tert-OH is 1. The Morgan fingerprint density at radius 1 is 1.12 bits per heavy atom. The topological polar surface area (TPSA) is 166 Å². The predicted molar refractivity (Wildman–Crippen MR) is 177 cm³/mol. The van der Waals surface area contributed by atoms with Crippen molar-refractivity contribution < 1.29 is 53.4 Å². The molecule has 48 heavy (non-hydrogen) atoms. The van der Waals surface area contributed by atoms with E-state index in [1.165, 1.54) is 6.92 Å². The molecule has 0 aromatic carbocycles. The van der Waals surface area contributed by atoms with Crippen LogP contribution in [-0.2, 0) is 38.0 Å². The van der Waals surface area contributed by atoms with Gasteiger partial charge in [0.05, 0.1) is 60.9 Å². The van der Waals surface area contributed by atoms with Crippen LogP contribution in [0, 0.1) is 23.7 Å². The highest BCUT2D eigenvalue weighted by Gasteiger charge is 2.53. The van der Waals surface area contributed by atoms with Crippen LogP contribution in [-0.4, -0.2) is 125 Å². The molecule has 0 aromatic rings. The molecule has 3 fully saturated rings. The zero-order valence-electron chi connectivity index (χ0n) is 30.7. The first-order valence-corrected chi connectivity index (χ1v) is 17.2. The van der Waals surface area contributed by atoms with Gasteiger partial charge >= 0.3 is 11.9 Å². The van der Waals surface area contributed by atoms with Crippen molar-refractivity contribution in [1.29, 1.82) is 0 Å². The van der Waals surface area contributed by atoms with Crippen molar-refractivity contribution in [3.05, 3.63) is 12.2 Å². The fourth-order valence-electron chi connectivity index (χ4n) is 7.85. The molecule has 13 heteroatoms. The van der Waals surface area contributed by atoms with E-state index in [-0.39, 0.29) is 38.2 Å². The summed E-state index contributed by atoms with van der Waals surface area (Å²) in [5.74, 6) is -4.10. The molecule has 3 aliphatic rings. The normalized spacial score (nSPS) is 44.8. The fourth-order valence-corrected chi connectivity index (χ4v) is 7.85. The van der Waals surface area contributed by atoms with Gasteiger partial charge in [0.25, 0.3) is 0 Å². The van der Waals surface area contributed by atoms with Gasteiger partial charge in [0.2, 0.25) is 0 Å². The van der Waals surface area contributed by atoms with E-state index >= 15 is 0 Å². The number of cyclic esters (lactones) is 1. The number of rotatable bonds is 5. The average molecular weight is 685 g/mol. The Hall–Kier alpha value is -2.13. The highest BCUT2D eigenvalue weighted by Crippen LogP contribution is 2.41. The average Bonchev–Trinajstić information content (AvgIpc) is 3.01.